The SMILES string of the molecule is [B]C([B])([B])C(O)(C([B])([B])O)S(=O)(=O)c1ccccc1Nc1nc(Cl)ncc1Cl. The number of aromatic nitrogens is 2. The van der Waals surface area contributed by atoms with Gasteiger partial charge in [-0.2, -0.15) is 4.98 Å². The quantitative estimate of drug-likeness (QED) is 0.423. The Labute approximate surface area is 178 Å². The summed E-state index contributed by atoms with van der Waals surface area (Å²) in [6.45, 7) is 0. The number of aliphatic hydroxyl groups is 2. The van der Waals surface area contributed by atoms with Gasteiger partial charge in [-0.1, -0.05) is 28.8 Å². The predicted molar refractivity (Wildman–Crippen MR) is 110 cm³/mol. The molecule has 1 aromatic heterocycles. The van der Waals surface area contributed by atoms with E-state index < -0.39 is 30.2 Å². The number of sulfone groups is 1. The zero-order valence-corrected chi connectivity index (χ0v) is 16.4. The first-order valence-electron chi connectivity index (χ1n) is 7.31. The third kappa shape index (κ3) is 3.95. The van der Waals surface area contributed by atoms with E-state index in [9.17, 15) is 18.6 Å². The summed E-state index contributed by atoms with van der Waals surface area (Å²) in [7, 11) is 21.6. The fourth-order valence-corrected chi connectivity index (χ4v) is 4.47. The lowest BCUT2D eigenvalue weighted by Gasteiger charge is -2.49. The van der Waals surface area contributed by atoms with Crippen LogP contribution in [0.15, 0.2) is 35.4 Å². The molecular weight excluding hydrogens is 419 g/mol. The van der Waals surface area contributed by atoms with Crippen LogP contribution in [0.1, 0.15) is 0 Å². The number of halogens is 2. The third-order valence-corrected chi connectivity index (χ3v) is 6.52. The molecule has 2 aromatic rings. The van der Waals surface area contributed by atoms with Gasteiger partial charge in [-0.25, -0.2) is 13.4 Å². The molecule has 0 saturated heterocycles. The lowest BCUT2D eigenvalue weighted by atomic mass is 9.35. The molecule has 1 heterocycles. The third-order valence-electron chi connectivity index (χ3n) is 3.66. The molecule has 0 amide bonds. The summed E-state index contributed by atoms with van der Waals surface area (Å²) in [4.78, 5) is 3.26. The van der Waals surface area contributed by atoms with Crippen LogP contribution < -0.4 is 5.32 Å². The number of hydrogen-bond donors (Lipinski definition) is 3. The van der Waals surface area contributed by atoms with Crippen molar-refractivity contribution >= 4 is 83.8 Å². The molecule has 0 spiro atoms. The number of nitrogens with zero attached hydrogens (tertiary/aromatic N) is 2. The molecule has 15 heteroatoms. The Hall–Kier alpha value is -1.13. The Morgan fingerprint density at radius 3 is 2.14 bits per heavy atom. The number of hydrogen-bond acceptors (Lipinski definition) is 7. The average Bonchev–Trinajstić information content (AvgIpc) is 2.55. The van der Waals surface area contributed by atoms with Crippen molar-refractivity contribution in [3.63, 3.8) is 0 Å². The van der Waals surface area contributed by atoms with Crippen LogP contribution in [-0.2, 0) is 9.84 Å². The minimum Gasteiger partial charge on any atom is -0.405 e. The molecule has 134 valence electrons. The number of benzene rings is 1. The summed E-state index contributed by atoms with van der Waals surface area (Å²) in [6.07, 6.45) is 1.18. The van der Waals surface area contributed by atoms with Crippen molar-refractivity contribution in [2.24, 2.45) is 0 Å². The Bertz CT molecular complexity index is 984. The van der Waals surface area contributed by atoms with Gasteiger partial charge >= 0.3 is 0 Å². The molecule has 0 saturated carbocycles. The number of nitrogens with one attached hydrogen (secondary N) is 1. The second-order valence-electron chi connectivity index (χ2n) is 5.86. The molecule has 1 atom stereocenters. The van der Waals surface area contributed by atoms with Gasteiger partial charge in [0.2, 0.25) is 15.1 Å². The van der Waals surface area contributed by atoms with Crippen molar-refractivity contribution in [1.82, 2.24) is 9.97 Å². The van der Waals surface area contributed by atoms with Gasteiger partial charge in [0, 0.05) is 5.40 Å². The smallest absolute Gasteiger partial charge is 0.224 e. The molecule has 0 fully saturated rings. The second-order valence-corrected chi connectivity index (χ2v) is 8.65. The van der Waals surface area contributed by atoms with Crippen LogP contribution in [0, 0.1) is 0 Å². The van der Waals surface area contributed by atoms with E-state index in [1.807, 2.05) is 0 Å². The van der Waals surface area contributed by atoms with Gasteiger partial charge in [-0.3, -0.25) is 0 Å². The van der Waals surface area contributed by atoms with E-state index in [1.54, 1.807) is 0 Å². The molecule has 0 aliphatic heterocycles. The minimum absolute atomic E-state index is 0.00633. The lowest BCUT2D eigenvalue weighted by molar-refractivity contribution is 0.00591. The summed E-state index contributed by atoms with van der Waals surface area (Å²) >= 11 is 11.7. The zero-order chi connectivity index (χ0) is 21.5. The molecule has 0 aliphatic rings. The van der Waals surface area contributed by atoms with Gasteiger partial charge in [0.15, 0.2) is 10.8 Å². The largest absolute Gasteiger partial charge is 0.405 e. The fraction of sp³-hybridized carbons (Fsp3) is 0.231. The Morgan fingerprint density at radius 1 is 1.04 bits per heavy atom. The average molecular weight is 427 g/mol. The van der Waals surface area contributed by atoms with Crippen LogP contribution >= 0.6 is 23.2 Å². The van der Waals surface area contributed by atoms with Gasteiger partial charge in [-0.15, -0.1) is 0 Å². The van der Waals surface area contributed by atoms with Crippen LogP contribution in [0.4, 0.5) is 11.5 Å². The first-order chi connectivity index (χ1) is 12.6. The first-order valence-corrected chi connectivity index (χ1v) is 9.54. The summed E-state index contributed by atoms with van der Waals surface area (Å²) in [5.41, 5.74) is -0.161. The van der Waals surface area contributed by atoms with Crippen LogP contribution in [0.3, 0.4) is 0 Å². The first kappa shape index (κ1) is 23.2. The molecule has 28 heavy (non-hydrogen) atoms. The van der Waals surface area contributed by atoms with E-state index in [4.69, 9.17) is 62.4 Å². The van der Waals surface area contributed by atoms with Gasteiger partial charge in [0.05, 0.1) is 40.3 Å². The highest BCUT2D eigenvalue weighted by atomic mass is 35.5. The number of anilines is 2. The van der Waals surface area contributed by atoms with E-state index in [0.717, 1.165) is 6.07 Å². The monoisotopic (exact) mass is 427 g/mol. The van der Waals surface area contributed by atoms with Gasteiger partial charge < -0.3 is 15.5 Å². The van der Waals surface area contributed by atoms with Gasteiger partial charge in [0.1, 0.15) is 20.7 Å². The van der Waals surface area contributed by atoms with Crippen molar-refractivity contribution in [2.75, 3.05) is 5.32 Å². The van der Waals surface area contributed by atoms with Crippen molar-refractivity contribution < 1.29 is 18.6 Å². The van der Waals surface area contributed by atoms with Crippen molar-refractivity contribution in [3.05, 3.63) is 40.8 Å². The summed E-state index contributed by atoms with van der Waals surface area (Å²) in [5, 5.41) is 16.8. The highest BCUT2D eigenvalue weighted by Gasteiger charge is 2.59. The zero-order valence-electron chi connectivity index (χ0n) is 14.0. The van der Waals surface area contributed by atoms with E-state index in [1.165, 1.54) is 24.4 Å². The minimum atomic E-state index is -5.09. The van der Waals surface area contributed by atoms with E-state index in [2.05, 4.69) is 15.3 Å². The van der Waals surface area contributed by atoms with Crippen LogP contribution in [0.5, 0.6) is 0 Å². The molecule has 7 nitrogen and oxygen atoms in total. The Morgan fingerprint density at radius 2 is 1.61 bits per heavy atom. The lowest BCUT2D eigenvalue weighted by Crippen LogP contribution is -2.67. The van der Waals surface area contributed by atoms with Crippen LogP contribution in [0.2, 0.25) is 15.4 Å². The van der Waals surface area contributed by atoms with Crippen LogP contribution in [0.25, 0.3) is 0 Å². The maximum Gasteiger partial charge on any atom is 0.224 e. The number of rotatable bonds is 6. The van der Waals surface area contributed by atoms with E-state index in [0.29, 0.717) is 0 Å². The summed E-state index contributed by atoms with van der Waals surface area (Å²) < 4.78 is 26.3. The highest BCUT2D eigenvalue weighted by molar-refractivity contribution is 7.93. The molecular formula is C13H8B5Cl2N3O4S. The maximum absolute atomic E-state index is 13.2. The molecule has 0 bridgehead atoms. The maximum atomic E-state index is 13.2. The molecule has 1 unspecified atom stereocenters. The molecule has 10 radical (unpaired) electrons. The normalized spacial score (nSPS) is 15.0. The topological polar surface area (TPSA) is 112 Å². The van der Waals surface area contributed by atoms with Gasteiger partial charge in [0.25, 0.3) is 0 Å². The Balaban J connectivity index is 2.70. The van der Waals surface area contributed by atoms with Crippen molar-refractivity contribution in [1.29, 1.82) is 0 Å². The molecule has 0 aliphatic carbocycles. The second kappa shape index (κ2) is 7.61. The van der Waals surface area contributed by atoms with E-state index >= 15 is 0 Å². The van der Waals surface area contributed by atoms with Crippen molar-refractivity contribution in [2.45, 2.75) is 20.3 Å². The summed E-state index contributed by atoms with van der Waals surface area (Å²) in [5.74, 6) is -0.0527. The van der Waals surface area contributed by atoms with Crippen LogP contribution in [-0.4, -0.2) is 78.2 Å². The standard InChI is InChI=1S/C13H8B5Cl2N3O4S/c14-12(15,16)11(24,13(17,18)25)28(26,27)8-4-2-1-3-7(8)22-9-6(19)5-21-10(20)23-9/h1-5,24-25H,(H,21,22,23). The predicted octanol–water partition coefficient (Wildman–Crippen LogP) is -0.448. The highest BCUT2D eigenvalue weighted by Crippen LogP contribution is 2.45. The van der Waals surface area contributed by atoms with Crippen molar-refractivity contribution in [3.8, 4) is 0 Å². The Kier molecular flexibility index (Phi) is 6.29. The molecule has 1 aromatic carbocycles. The summed E-state index contributed by atoms with van der Waals surface area (Å²) in [6, 6.07) is 5.10. The number of para-hydroxylation sites is 1. The fourth-order valence-electron chi connectivity index (χ4n) is 2.32. The van der Waals surface area contributed by atoms with E-state index in [-0.39, 0.29) is 21.8 Å². The molecule has 3 N–H and O–H groups in total. The van der Waals surface area contributed by atoms with Gasteiger partial charge in [-0.05, 0) is 23.7 Å². The molecule has 2 rings (SSSR count).